The number of nitrogens with zero attached hydrogens (tertiary/aromatic N) is 4. The number of guanidine groups is 1. The number of hydrogen-bond acceptors (Lipinski definition) is 4. The van der Waals surface area contributed by atoms with Crippen LogP contribution in [0.25, 0.3) is 10.9 Å². The number of pyridine rings is 1. The first-order chi connectivity index (χ1) is 14.7. The number of fused-ring (bicyclic) bond motifs is 1. The molecule has 0 amide bonds. The Balaban J connectivity index is 1.28. The van der Waals surface area contributed by atoms with Crippen molar-refractivity contribution in [3.63, 3.8) is 0 Å². The summed E-state index contributed by atoms with van der Waals surface area (Å²) in [5, 5.41) is 8.12. The number of likely N-dealkylation sites (N-methyl/N-ethyl adjacent to an activating group) is 1. The van der Waals surface area contributed by atoms with Gasteiger partial charge in [-0.3, -0.25) is 4.99 Å². The van der Waals surface area contributed by atoms with Gasteiger partial charge >= 0.3 is 0 Å². The average Bonchev–Trinajstić information content (AvgIpc) is 3.20. The fourth-order valence-electron chi connectivity index (χ4n) is 3.84. The van der Waals surface area contributed by atoms with E-state index >= 15 is 0 Å². The lowest BCUT2D eigenvalue weighted by atomic mass is 10.1. The van der Waals surface area contributed by atoms with Crippen LogP contribution in [0.2, 0.25) is 0 Å². The van der Waals surface area contributed by atoms with Gasteiger partial charge in [-0.1, -0.05) is 18.2 Å². The standard InChI is InChI=1S/C23H31N7/c1-24-23(26-10-8-19-17-27-21-6-4-3-5-20(19)21)28-16-18-7-9-25-22(15-18)30-13-11-29(2)12-14-30/h3-7,9,15,17,27H,8,10-14,16H2,1-2H3,(H2,24,26,28). The number of para-hydroxylation sites is 1. The lowest BCUT2D eigenvalue weighted by molar-refractivity contribution is 0.312. The molecule has 30 heavy (non-hydrogen) atoms. The van der Waals surface area contributed by atoms with Crippen molar-refractivity contribution in [2.45, 2.75) is 13.0 Å². The lowest BCUT2D eigenvalue weighted by Gasteiger charge is -2.33. The molecule has 2 aromatic heterocycles. The largest absolute Gasteiger partial charge is 0.361 e. The van der Waals surface area contributed by atoms with E-state index in [4.69, 9.17) is 0 Å². The van der Waals surface area contributed by atoms with Crippen LogP contribution in [0.1, 0.15) is 11.1 Å². The van der Waals surface area contributed by atoms with Crippen LogP contribution in [-0.2, 0) is 13.0 Å². The van der Waals surface area contributed by atoms with Crippen LogP contribution in [0.5, 0.6) is 0 Å². The maximum atomic E-state index is 4.57. The zero-order chi connectivity index (χ0) is 20.8. The smallest absolute Gasteiger partial charge is 0.191 e. The lowest BCUT2D eigenvalue weighted by Crippen LogP contribution is -2.44. The van der Waals surface area contributed by atoms with Crippen molar-refractivity contribution in [1.82, 2.24) is 25.5 Å². The van der Waals surface area contributed by atoms with Gasteiger partial charge in [0.25, 0.3) is 0 Å². The molecule has 0 unspecified atom stereocenters. The van der Waals surface area contributed by atoms with Gasteiger partial charge in [0, 0.05) is 69.6 Å². The Morgan fingerprint density at radius 2 is 1.97 bits per heavy atom. The molecule has 158 valence electrons. The quantitative estimate of drug-likeness (QED) is 0.433. The van der Waals surface area contributed by atoms with Gasteiger partial charge in [-0.15, -0.1) is 0 Å². The highest BCUT2D eigenvalue weighted by molar-refractivity contribution is 5.83. The molecule has 7 heteroatoms. The fourth-order valence-corrected chi connectivity index (χ4v) is 3.84. The number of nitrogens with one attached hydrogen (secondary N) is 3. The van der Waals surface area contributed by atoms with E-state index in [1.54, 1.807) is 0 Å². The number of anilines is 1. The highest BCUT2D eigenvalue weighted by Gasteiger charge is 2.15. The Bertz CT molecular complexity index is 986. The summed E-state index contributed by atoms with van der Waals surface area (Å²) in [6.45, 7) is 5.75. The summed E-state index contributed by atoms with van der Waals surface area (Å²) in [7, 11) is 3.98. The molecule has 3 N–H and O–H groups in total. The summed E-state index contributed by atoms with van der Waals surface area (Å²) in [5.41, 5.74) is 3.71. The van der Waals surface area contributed by atoms with Crippen LogP contribution in [0, 0.1) is 0 Å². The third kappa shape index (κ3) is 4.91. The molecule has 0 bridgehead atoms. The number of hydrogen-bond donors (Lipinski definition) is 3. The van der Waals surface area contributed by atoms with Crippen molar-refractivity contribution in [3.05, 3.63) is 59.9 Å². The molecule has 3 aromatic rings. The van der Waals surface area contributed by atoms with Crippen molar-refractivity contribution >= 4 is 22.7 Å². The molecule has 1 aromatic carbocycles. The zero-order valence-electron chi connectivity index (χ0n) is 17.9. The maximum Gasteiger partial charge on any atom is 0.191 e. The Labute approximate surface area is 178 Å². The molecule has 1 aliphatic rings. The van der Waals surface area contributed by atoms with Crippen molar-refractivity contribution in [2.75, 3.05) is 51.7 Å². The molecule has 0 saturated carbocycles. The molecule has 0 spiro atoms. The van der Waals surface area contributed by atoms with Gasteiger partial charge in [0.15, 0.2) is 5.96 Å². The van der Waals surface area contributed by atoms with E-state index in [-0.39, 0.29) is 0 Å². The Morgan fingerprint density at radius 1 is 1.13 bits per heavy atom. The van der Waals surface area contributed by atoms with E-state index in [9.17, 15) is 0 Å². The second-order valence-corrected chi connectivity index (χ2v) is 7.77. The predicted octanol–water partition coefficient (Wildman–Crippen LogP) is 2.22. The monoisotopic (exact) mass is 405 g/mol. The molecule has 4 rings (SSSR count). The Morgan fingerprint density at radius 3 is 2.80 bits per heavy atom. The summed E-state index contributed by atoms with van der Waals surface area (Å²) < 4.78 is 0. The topological polar surface area (TPSA) is 71.6 Å². The van der Waals surface area contributed by atoms with E-state index in [0.717, 1.165) is 57.5 Å². The Kier molecular flexibility index (Phi) is 6.49. The highest BCUT2D eigenvalue weighted by Crippen LogP contribution is 2.18. The second-order valence-electron chi connectivity index (χ2n) is 7.77. The highest BCUT2D eigenvalue weighted by atomic mass is 15.3. The number of piperazine rings is 1. The first-order valence-corrected chi connectivity index (χ1v) is 10.6. The van der Waals surface area contributed by atoms with Crippen LogP contribution in [0.15, 0.2) is 53.8 Å². The summed E-state index contributed by atoms with van der Waals surface area (Å²) in [6.07, 6.45) is 4.94. The van der Waals surface area contributed by atoms with Gasteiger partial charge in [-0.25, -0.2) is 4.98 Å². The average molecular weight is 406 g/mol. The first kappa shape index (κ1) is 20.2. The van der Waals surface area contributed by atoms with Gasteiger partial charge < -0.3 is 25.4 Å². The van der Waals surface area contributed by atoms with Gasteiger partial charge in [-0.2, -0.15) is 0 Å². The number of aromatic amines is 1. The van der Waals surface area contributed by atoms with Crippen molar-refractivity contribution in [1.29, 1.82) is 0 Å². The molecule has 1 fully saturated rings. The SMILES string of the molecule is CN=C(NCCc1c[nH]c2ccccc12)NCc1ccnc(N2CCN(C)CC2)c1. The van der Waals surface area contributed by atoms with Gasteiger partial charge in [-0.05, 0) is 42.8 Å². The maximum absolute atomic E-state index is 4.57. The molecule has 3 heterocycles. The minimum absolute atomic E-state index is 0.718. The van der Waals surface area contributed by atoms with Crippen LogP contribution < -0.4 is 15.5 Å². The number of rotatable bonds is 6. The minimum Gasteiger partial charge on any atom is -0.361 e. The molecule has 7 nitrogen and oxygen atoms in total. The fraction of sp³-hybridized carbons (Fsp3) is 0.391. The van der Waals surface area contributed by atoms with Crippen LogP contribution in [-0.4, -0.2) is 67.6 Å². The van der Waals surface area contributed by atoms with E-state index in [0.29, 0.717) is 0 Å². The summed E-state index contributed by atoms with van der Waals surface area (Å²) >= 11 is 0. The van der Waals surface area contributed by atoms with Crippen molar-refractivity contribution < 1.29 is 0 Å². The van der Waals surface area contributed by atoms with E-state index in [2.05, 4.69) is 85.0 Å². The van der Waals surface area contributed by atoms with Crippen molar-refractivity contribution in [2.24, 2.45) is 4.99 Å². The van der Waals surface area contributed by atoms with Crippen LogP contribution >= 0.6 is 0 Å². The minimum atomic E-state index is 0.718. The third-order valence-corrected chi connectivity index (χ3v) is 5.68. The number of aliphatic imine (C=N–C) groups is 1. The predicted molar refractivity (Wildman–Crippen MR) is 124 cm³/mol. The molecule has 0 atom stereocenters. The number of benzene rings is 1. The molecule has 1 saturated heterocycles. The van der Waals surface area contributed by atoms with Gasteiger partial charge in [0.1, 0.15) is 5.82 Å². The van der Waals surface area contributed by atoms with Crippen LogP contribution in [0.3, 0.4) is 0 Å². The molecule has 0 aliphatic carbocycles. The summed E-state index contributed by atoms with van der Waals surface area (Å²) in [6, 6.07) is 12.6. The molecule has 0 radical (unpaired) electrons. The molecular formula is C23H31N7. The van der Waals surface area contributed by atoms with Gasteiger partial charge in [0.05, 0.1) is 0 Å². The van der Waals surface area contributed by atoms with E-state index in [1.165, 1.54) is 22.0 Å². The first-order valence-electron chi connectivity index (χ1n) is 10.6. The van der Waals surface area contributed by atoms with Crippen molar-refractivity contribution in [3.8, 4) is 0 Å². The third-order valence-electron chi connectivity index (χ3n) is 5.68. The van der Waals surface area contributed by atoms with E-state index in [1.807, 2.05) is 13.2 Å². The second kappa shape index (κ2) is 9.63. The summed E-state index contributed by atoms with van der Waals surface area (Å²) in [5.74, 6) is 1.87. The summed E-state index contributed by atoms with van der Waals surface area (Å²) in [4.78, 5) is 17.0. The van der Waals surface area contributed by atoms with Gasteiger partial charge in [0.2, 0.25) is 0 Å². The zero-order valence-corrected chi connectivity index (χ0v) is 17.9. The normalized spacial score (nSPS) is 15.5. The van der Waals surface area contributed by atoms with E-state index < -0.39 is 0 Å². The number of H-pyrrole nitrogens is 1. The van der Waals surface area contributed by atoms with Crippen LogP contribution in [0.4, 0.5) is 5.82 Å². The number of aromatic nitrogens is 2. The molecule has 1 aliphatic heterocycles. The molecular weight excluding hydrogens is 374 g/mol. The Hall–Kier alpha value is -3.06.